The number of hydrogen-bond acceptors (Lipinski definition) is 2. The van der Waals surface area contributed by atoms with Gasteiger partial charge < -0.3 is 4.98 Å². The van der Waals surface area contributed by atoms with Crippen LogP contribution in [0.25, 0.3) is 10.9 Å². The second kappa shape index (κ2) is 4.46. The number of ketones is 1. The van der Waals surface area contributed by atoms with Crippen molar-refractivity contribution in [3.63, 3.8) is 0 Å². The van der Waals surface area contributed by atoms with E-state index in [1.54, 1.807) is 0 Å². The summed E-state index contributed by atoms with van der Waals surface area (Å²) in [7, 11) is 0. The fourth-order valence-corrected chi connectivity index (χ4v) is 4.53. The number of para-hydroxylation sites is 1. The van der Waals surface area contributed by atoms with Gasteiger partial charge in [0.05, 0.1) is 12.0 Å². The smallest absolute Gasteiger partial charge is 0.136 e. The lowest BCUT2D eigenvalue weighted by atomic mass is 9.61. The molecule has 1 heterocycles. The molecule has 2 aliphatic carbocycles. The van der Waals surface area contributed by atoms with Crippen molar-refractivity contribution >= 4 is 16.7 Å². The van der Waals surface area contributed by atoms with E-state index in [9.17, 15) is 10.1 Å². The Morgan fingerprint density at radius 3 is 2.95 bits per heavy atom. The third-order valence-electron chi connectivity index (χ3n) is 5.43. The summed E-state index contributed by atoms with van der Waals surface area (Å²) in [5.74, 6) is 0.575. The van der Waals surface area contributed by atoms with E-state index in [0.29, 0.717) is 12.2 Å². The van der Waals surface area contributed by atoms with Crippen molar-refractivity contribution in [1.82, 2.24) is 4.98 Å². The minimum Gasteiger partial charge on any atom is -0.357 e. The Hall–Kier alpha value is -2.08. The number of Topliss-reactive ketones (excluding diaryl/α,β-unsaturated/α-hetero) is 1. The normalized spacial score (nSPS) is 31.5. The van der Waals surface area contributed by atoms with Gasteiger partial charge in [0.2, 0.25) is 0 Å². The third-order valence-corrected chi connectivity index (χ3v) is 5.43. The van der Waals surface area contributed by atoms with Crippen molar-refractivity contribution in [2.24, 2.45) is 11.8 Å². The Bertz CT molecular complexity index is 767. The predicted octanol–water partition coefficient (Wildman–Crippen LogP) is 3.88. The lowest BCUT2D eigenvalue weighted by Crippen LogP contribution is -2.38. The molecule has 1 saturated carbocycles. The van der Waals surface area contributed by atoms with Crippen LogP contribution in [0.1, 0.15) is 49.3 Å². The van der Waals surface area contributed by atoms with Gasteiger partial charge in [0, 0.05) is 28.9 Å². The Balaban J connectivity index is 2.01. The van der Waals surface area contributed by atoms with Crippen LogP contribution in [0, 0.1) is 23.2 Å². The summed E-state index contributed by atoms with van der Waals surface area (Å²) < 4.78 is 0. The summed E-state index contributed by atoms with van der Waals surface area (Å²) in [5, 5.41) is 10.8. The topological polar surface area (TPSA) is 56.6 Å². The highest BCUT2D eigenvalue weighted by molar-refractivity contribution is 5.90. The van der Waals surface area contributed by atoms with Crippen LogP contribution in [0.15, 0.2) is 24.3 Å². The zero-order valence-corrected chi connectivity index (χ0v) is 12.1. The second-order valence-electron chi connectivity index (χ2n) is 6.45. The average Bonchev–Trinajstić information content (AvgIpc) is 2.86. The Labute approximate surface area is 124 Å². The summed E-state index contributed by atoms with van der Waals surface area (Å²) in [6.07, 6.45) is 2.72. The molecule has 1 aromatic carbocycles. The number of nitrogens with one attached hydrogen (secondary N) is 1. The molecule has 4 atom stereocenters. The standard InChI is InChI=1S/C18H18N2O/c1-10-13(9-19)18-17(11-5-2-3-7-14(11)20-18)12-6-4-8-15(21)16(10)12/h2-3,5,7,10,12-13,16,20H,4,6,8H2,1H3/t10-,12-,13+,16-/m0/s1. The Morgan fingerprint density at radius 2 is 2.14 bits per heavy atom. The van der Waals surface area contributed by atoms with Crippen LogP contribution in [0.3, 0.4) is 0 Å². The zero-order valence-electron chi connectivity index (χ0n) is 12.1. The molecule has 1 N–H and O–H groups in total. The molecule has 4 rings (SSSR count). The van der Waals surface area contributed by atoms with Crippen molar-refractivity contribution < 1.29 is 4.79 Å². The highest BCUT2D eigenvalue weighted by Crippen LogP contribution is 2.52. The minimum absolute atomic E-state index is 0.0232. The molecular formula is C18H18N2O. The van der Waals surface area contributed by atoms with Crippen LogP contribution < -0.4 is 0 Å². The first-order valence-electron chi connectivity index (χ1n) is 7.75. The van der Waals surface area contributed by atoms with Gasteiger partial charge in [-0.15, -0.1) is 0 Å². The number of rotatable bonds is 0. The van der Waals surface area contributed by atoms with Gasteiger partial charge in [0.25, 0.3) is 0 Å². The number of aromatic nitrogens is 1. The first kappa shape index (κ1) is 12.6. The Kier molecular flexibility index (Phi) is 2.68. The van der Waals surface area contributed by atoms with E-state index in [0.717, 1.165) is 24.1 Å². The number of benzene rings is 1. The van der Waals surface area contributed by atoms with Crippen LogP contribution in [0.5, 0.6) is 0 Å². The van der Waals surface area contributed by atoms with Gasteiger partial charge in [-0.2, -0.15) is 5.26 Å². The van der Waals surface area contributed by atoms with Crippen LogP contribution in [0.2, 0.25) is 0 Å². The molecule has 0 bridgehead atoms. The fourth-order valence-electron chi connectivity index (χ4n) is 4.53. The molecule has 0 saturated heterocycles. The summed E-state index contributed by atoms with van der Waals surface area (Å²) in [6, 6.07) is 10.7. The van der Waals surface area contributed by atoms with Crippen molar-refractivity contribution in [2.75, 3.05) is 0 Å². The minimum atomic E-state index is -0.198. The number of H-pyrrole nitrogens is 1. The van der Waals surface area contributed by atoms with E-state index in [4.69, 9.17) is 0 Å². The molecule has 0 spiro atoms. The van der Waals surface area contributed by atoms with Crippen LogP contribution >= 0.6 is 0 Å². The lowest BCUT2D eigenvalue weighted by Gasteiger charge is -2.41. The van der Waals surface area contributed by atoms with E-state index in [2.05, 4.69) is 30.1 Å². The third kappa shape index (κ3) is 1.62. The molecule has 2 aromatic rings. The molecular weight excluding hydrogens is 260 g/mol. The molecule has 2 aliphatic rings. The van der Waals surface area contributed by atoms with Gasteiger partial charge >= 0.3 is 0 Å². The van der Waals surface area contributed by atoms with Crippen molar-refractivity contribution in [1.29, 1.82) is 5.26 Å². The molecule has 1 aromatic heterocycles. The summed E-state index contributed by atoms with van der Waals surface area (Å²) >= 11 is 0. The van der Waals surface area contributed by atoms with E-state index in [1.807, 2.05) is 12.1 Å². The first-order valence-corrected chi connectivity index (χ1v) is 7.75. The summed E-state index contributed by atoms with van der Waals surface area (Å²) in [4.78, 5) is 15.9. The first-order chi connectivity index (χ1) is 10.2. The average molecular weight is 278 g/mol. The maximum Gasteiger partial charge on any atom is 0.136 e. The maximum absolute atomic E-state index is 12.4. The fraction of sp³-hybridized carbons (Fsp3) is 0.444. The number of carbonyl (C=O) groups excluding carboxylic acids is 1. The molecule has 3 nitrogen and oxygen atoms in total. The highest BCUT2D eigenvalue weighted by atomic mass is 16.1. The van der Waals surface area contributed by atoms with Gasteiger partial charge in [-0.3, -0.25) is 4.79 Å². The van der Waals surface area contributed by atoms with Crippen molar-refractivity contribution in [3.05, 3.63) is 35.5 Å². The van der Waals surface area contributed by atoms with E-state index in [-0.39, 0.29) is 23.7 Å². The van der Waals surface area contributed by atoms with Gasteiger partial charge in [0.1, 0.15) is 5.78 Å². The molecule has 0 aliphatic heterocycles. The SMILES string of the molecule is C[C@@H]1[C@@H]2C(=O)CCC[C@@H]2c2c([nH]c3ccccc23)[C@@H]1C#N. The Morgan fingerprint density at radius 1 is 1.33 bits per heavy atom. The van der Waals surface area contributed by atoms with Crippen LogP contribution in [-0.2, 0) is 4.79 Å². The largest absolute Gasteiger partial charge is 0.357 e. The quantitative estimate of drug-likeness (QED) is 0.795. The second-order valence-corrected chi connectivity index (χ2v) is 6.45. The zero-order chi connectivity index (χ0) is 14.6. The van der Waals surface area contributed by atoms with Gasteiger partial charge in [0.15, 0.2) is 0 Å². The van der Waals surface area contributed by atoms with E-state index < -0.39 is 0 Å². The molecule has 0 amide bonds. The molecule has 1 fully saturated rings. The van der Waals surface area contributed by atoms with Gasteiger partial charge in [-0.25, -0.2) is 0 Å². The monoisotopic (exact) mass is 278 g/mol. The van der Waals surface area contributed by atoms with E-state index in [1.165, 1.54) is 10.9 Å². The van der Waals surface area contributed by atoms with E-state index >= 15 is 0 Å². The van der Waals surface area contributed by atoms with Gasteiger partial charge in [-0.05, 0) is 36.3 Å². The van der Waals surface area contributed by atoms with Crippen LogP contribution in [-0.4, -0.2) is 10.8 Å². The summed E-state index contributed by atoms with van der Waals surface area (Å²) in [6.45, 7) is 2.07. The number of carbonyl (C=O) groups is 1. The predicted molar refractivity (Wildman–Crippen MR) is 80.9 cm³/mol. The summed E-state index contributed by atoms with van der Waals surface area (Å²) in [5.41, 5.74) is 3.39. The number of nitrogens with zero attached hydrogens (tertiary/aromatic N) is 1. The molecule has 0 radical (unpaired) electrons. The lowest BCUT2D eigenvalue weighted by molar-refractivity contribution is -0.127. The number of aromatic amines is 1. The van der Waals surface area contributed by atoms with Crippen molar-refractivity contribution in [2.45, 2.75) is 38.0 Å². The molecule has 0 unspecified atom stereocenters. The van der Waals surface area contributed by atoms with Crippen molar-refractivity contribution in [3.8, 4) is 6.07 Å². The number of fused-ring (bicyclic) bond motifs is 5. The van der Waals surface area contributed by atoms with Crippen LogP contribution in [0.4, 0.5) is 0 Å². The number of nitriles is 1. The highest BCUT2D eigenvalue weighted by Gasteiger charge is 2.47. The number of hydrogen-bond donors (Lipinski definition) is 1. The molecule has 21 heavy (non-hydrogen) atoms. The van der Waals surface area contributed by atoms with Gasteiger partial charge in [-0.1, -0.05) is 25.1 Å². The molecule has 106 valence electrons. The molecule has 3 heteroatoms. The maximum atomic E-state index is 12.4.